The third-order valence-electron chi connectivity index (χ3n) is 5.41. The summed E-state index contributed by atoms with van der Waals surface area (Å²) in [5.74, 6) is -1.69. The Morgan fingerprint density at radius 3 is 1.61 bits per heavy atom. The Kier molecular flexibility index (Phi) is 9.21. The minimum Gasteiger partial charge on any atom is -0.495 e. The number of carbonyl (C=O) groups excluding carboxylic acids is 3. The average molecular weight is 539 g/mol. The van der Waals surface area contributed by atoms with Crippen molar-refractivity contribution in [3.05, 3.63) is 77.9 Å². The Hall–Kier alpha value is -4.22. The van der Waals surface area contributed by atoms with Crippen molar-refractivity contribution in [1.82, 2.24) is 4.31 Å². The normalized spacial score (nSPS) is 11.1. The summed E-state index contributed by atoms with van der Waals surface area (Å²) in [6.07, 6.45) is 0. The van der Waals surface area contributed by atoms with Gasteiger partial charge < -0.3 is 20.7 Å². The number of benzene rings is 3. The maximum Gasteiger partial charge on any atom is 0.247 e. The van der Waals surface area contributed by atoms with E-state index in [9.17, 15) is 22.8 Å². The standard InChI is InChI=1S/C27H30N4O6S/c1-18-5-9-21(10-6-18)29-26(33)16-31(17-27(34)30-22-11-7-19(2)8-12-22)38(35,36)25-15-23(28-20(3)32)13-14-24(25)37-4/h5-15H,16-17H2,1-4H3,(H,28,32)(H,29,33)(H,30,34). The lowest BCUT2D eigenvalue weighted by Crippen LogP contribution is -2.42. The maximum absolute atomic E-state index is 13.8. The maximum atomic E-state index is 13.8. The summed E-state index contributed by atoms with van der Waals surface area (Å²) in [6.45, 7) is 3.79. The van der Waals surface area contributed by atoms with E-state index in [0.717, 1.165) is 15.4 Å². The minimum absolute atomic E-state index is 0.0120. The first-order valence-corrected chi connectivity index (χ1v) is 13.1. The molecule has 0 atom stereocenters. The predicted octanol–water partition coefficient (Wildman–Crippen LogP) is 3.54. The molecule has 38 heavy (non-hydrogen) atoms. The average Bonchev–Trinajstić information content (AvgIpc) is 2.86. The van der Waals surface area contributed by atoms with Gasteiger partial charge in [0.25, 0.3) is 0 Å². The van der Waals surface area contributed by atoms with Gasteiger partial charge in [0.2, 0.25) is 27.7 Å². The molecule has 200 valence electrons. The van der Waals surface area contributed by atoms with Gasteiger partial charge in [0.1, 0.15) is 10.6 Å². The van der Waals surface area contributed by atoms with E-state index in [4.69, 9.17) is 4.74 Å². The first-order valence-electron chi connectivity index (χ1n) is 11.7. The van der Waals surface area contributed by atoms with Crippen LogP contribution in [-0.4, -0.2) is 50.6 Å². The molecule has 3 N–H and O–H groups in total. The third kappa shape index (κ3) is 7.64. The largest absolute Gasteiger partial charge is 0.495 e. The zero-order valence-electron chi connectivity index (χ0n) is 21.6. The van der Waals surface area contributed by atoms with Crippen molar-refractivity contribution in [2.24, 2.45) is 0 Å². The fourth-order valence-electron chi connectivity index (χ4n) is 3.52. The molecule has 0 bridgehead atoms. The minimum atomic E-state index is -4.45. The molecule has 3 aromatic rings. The summed E-state index contributed by atoms with van der Waals surface area (Å²) in [4.78, 5) is 37.0. The van der Waals surface area contributed by atoms with Crippen molar-refractivity contribution in [1.29, 1.82) is 0 Å². The van der Waals surface area contributed by atoms with E-state index in [1.54, 1.807) is 48.5 Å². The van der Waals surface area contributed by atoms with Gasteiger partial charge in [0.15, 0.2) is 0 Å². The molecule has 0 fully saturated rings. The molecule has 0 spiro atoms. The summed E-state index contributed by atoms with van der Waals surface area (Å²) in [7, 11) is -3.16. The van der Waals surface area contributed by atoms with Gasteiger partial charge in [0.05, 0.1) is 20.2 Å². The quantitative estimate of drug-likeness (QED) is 0.362. The number of carbonyl (C=O) groups is 3. The highest BCUT2D eigenvalue weighted by atomic mass is 32.2. The molecular weight excluding hydrogens is 508 g/mol. The summed E-state index contributed by atoms with van der Waals surface area (Å²) >= 11 is 0. The number of nitrogens with zero attached hydrogens (tertiary/aromatic N) is 1. The van der Waals surface area contributed by atoms with Gasteiger partial charge in [-0.05, 0) is 56.3 Å². The number of aryl methyl sites for hydroxylation is 2. The molecule has 0 aliphatic rings. The van der Waals surface area contributed by atoms with Crippen LogP contribution in [0.15, 0.2) is 71.6 Å². The second kappa shape index (κ2) is 12.3. The number of hydrogen-bond donors (Lipinski definition) is 3. The lowest BCUT2D eigenvalue weighted by atomic mass is 10.2. The van der Waals surface area contributed by atoms with Crippen LogP contribution in [0.4, 0.5) is 17.1 Å². The van der Waals surface area contributed by atoms with Crippen molar-refractivity contribution in [2.75, 3.05) is 36.1 Å². The number of nitrogens with one attached hydrogen (secondary N) is 3. The van der Waals surface area contributed by atoms with Gasteiger partial charge in [-0.25, -0.2) is 8.42 Å². The molecule has 11 heteroatoms. The van der Waals surface area contributed by atoms with E-state index >= 15 is 0 Å². The van der Waals surface area contributed by atoms with Crippen LogP contribution in [-0.2, 0) is 24.4 Å². The summed E-state index contributed by atoms with van der Waals surface area (Å²) in [5.41, 5.74) is 3.15. The highest BCUT2D eigenvalue weighted by molar-refractivity contribution is 7.89. The van der Waals surface area contributed by atoms with E-state index in [1.807, 2.05) is 13.8 Å². The third-order valence-corrected chi connectivity index (χ3v) is 7.23. The first-order chi connectivity index (χ1) is 18.0. The number of anilines is 3. The van der Waals surface area contributed by atoms with Crippen LogP contribution >= 0.6 is 0 Å². The number of hydrogen-bond acceptors (Lipinski definition) is 6. The van der Waals surface area contributed by atoms with Crippen LogP contribution in [0.1, 0.15) is 18.1 Å². The van der Waals surface area contributed by atoms with Crippen LogP contribution < -0.4 is 20.7 Å². The smallest absolute Gasteiger partial charge is 0.247 e. The topological polar surface area (TPSA) is 134 Å². The number of ether oxygens (including phenoxy) is 1. The Morgan fingerprint density at radius 2 is 1.18 bits per heavy atom. The van der Waals surface area contributed by atoms with Crippen LogP contribution in [0.5, 0.6) is 5.75 Å². The summed E-state index contributed by atoms with van der Waals surface area (Å²) < 4.78 is 33.6. The molecule has 0 unspecified atom stereocenters. The molecule has 10 nitrogen and oxygen atoms in total. The van der Waals surface area contributed by atoms with Gasteiger partial charge in [-0.3, -0.25) is 14.4 Å². The monoisotopic (exact) mass is 538 g/mol. The van der Waals surface area contributed by atoms with Gasteiger partial charge >= 0.3 is 0 Å². The Labute approximate surface area is 222 Å². The lowest BCUT2D eigenvalue weighted by Gasteiger charge is -2.23. The predicted molar refractivity (Wildman–Crippen MR) is 146 cm³/mol. The second-order valence-corrected chi connectivity index (χ2v) is 10.6. The molecule has 0 saturated heterocycles. The fraction of sp³-hybridized carbons (Fsp3) is 0.222. The highest BCUT2D eigenvalue weighted by Gasteiger charge is 2.32. The van der Waals surface area contributed by atoms with Gasteiger partial charge in [-0.1, -0.05) is 35.4 Å². The number of sulfonamides is 1. The van der Waals surface area contributed by atoms with Gasteiger partial charge in [-0.15, -0.1) is 0 Å². The Morgan fingerprint density at radius 1 is 0.737 bits per heavy atom. The zero-order chi connectivity index (χ0) is 27.9. The number of rotatable bonds is 10. The lowest BCUT2D eigenvalue weighted by molar-refractivity contribution is -0.118. The van der Waals surface area contributed by atoms with Crippen molar-refractivity contribution in [3.63, 3.8) is 0 Å². The first kappa shape index (κ1) is 28.4. The van der Waals surface area contributed by atoms with Gasteiger partial charge in [0, 0.05) is 24.0 Å². The van der Waals surface area contributed by atoms with Crippen LogP contribution in [0, 0.1) is 13.8 Å². The molecule has 0 heterocycles. The van der Waals surface area contributed by atoms with E-state index < -0.39 is 40.8 Å². The van der Waals surface area contributed by atoms with Crippen LogP contribution in [0.2, 0.25) is 0 Å². The van der Waals surface area contributed by atoms with E-state index in [2.05, 4.69) is 16.0 Å². The molecule has 3 aromatic carbocycles. The SMILES string of the molecule is COc1ccc(NC(C)=O)cc1S(=O)(=O)N(CC(=O)Nc1ccc(C)cc1)CC(=O)Nc1ccc(C)cc1. The number of methoxy groups -OCH3 is 1. The number of amides is 3. The van der Waals surface area contributed by atoms with E-state index in [1.165, 1.54) is 32.2 Å². The van der Waals surface area contributed by atoms with Gasteiger partial charge in [-0.2, -0.15) is 4.31 Å². The molecule has 0 saturated carbocycles. The van der Waals surface area contributed by atoms with Crippen LogP contribution in [0.25, 0.3) is 0 Å². The van der Waals surface area contributed by atoms with Crippen molar-refractivity contribution < 1.29 is 27.5 Å². The molecule has 3 amide bonds. The molecular formula is C27H30N4O6S. The summed E-state index contributed by atoms with van der Waals surface area (Å²) in [6, 6.07) is 18.1. The molecule has 0 aromatic heterocycles. The summed E-state index contributed by atoms with van der Waals surface area (Å²) in [5, 5.41) is 7.83. The second-order valence-electron chi connectivity index (χ2n) is 8.65. The zero-order valence-corrected chi connectivity index (χ0v) is 22.4. The van der Waals surface area contributed by atoms with E-state index in [-0.39, 0.29) is 16.3 Å². The van der Waals surface area contributed by atoms with Crippen molar-refractivity contribution >= 4 is 44.8 Å². The van der Waals surface area contributed by atoms with Crippen LogP contribution in [0.3, 0.4) is 0 Å². The molecule has 0 radical (unpaired) electrons. The van der Waals surface area contributed by atoms with E-state index in [0.29, 0.717) is 11.4 Å². The molecule has 0 aliphatic heterocycles. The Balaban J connectivity index is 1.93. The fourth-order valence-corrected chi connectivity index (χ4v) is 5.05. The highest BCUT2D eigenvalue weighted by Crippen LogP contribution is 2.30. The van der Waals surface area contributed by atoms with Crippen molar-refractivity contribution in [2.45, 2.75) is 25.7 Å². The molecule has 0 aliphatic carbocycles. The Bertz CT molecular complexity index is 1360. The molecule has 3 rings (SSSR count). The van der Waals surface area contributed by atoms with Crippen molar-refractivity contribution in [3.8, 4) is 5.75 Å².